The lowest BCUT2D eigenvalue weighted by molar-refractivity contribution is -0.117. The molecule has 2 aliphatic rings. The molecule has 0 aromatic heterocycles. The van der Waals surface area contributed by atoms with E-state index in [1.165, 1.54) is 0 Å². The molecule has 0 N–H and O–H groups in total. The predicted octanol–water partition coefficient (Wildman–Crippen LogP) is 2.84. The molecule has 0 bridgehead atoms. The zero-order chi connectivity index (χ0) is 12.3. The Hall–Kier alpha value is -0.530. The second-order valence-corrected chi connectivity index (χ2v) is 6.83. The molecular formula is C13H16O2S2. The minimum absolute atomic E-state index is 0.158. The maximum absolute atomic E-state index is 12.1. The summed E-state index contributed by atoms with van der Waals surface area (Å²) in [6.45, 7) is 2.14. The highest BCUT2D eigenvalue weighted by Gasteiger charge is 2.58. The maximum Gasteiger partial charge on any atom is 0.208 e. The molecule has 0 amide bonds. The Morgan fingerprint density at radius 1 is 1.41 bits per heavy atom. The van der Waals surface area contributed by atoms with Crippen molar-refractivity contribution in [3.05, 3.63) is 11.3 Å². The van der Waals surface area contributed by atoms with Crippen molar-refractivity contribution >= 4 is 29.3 Å². The average Bonchev–Trinajstić information content (AvgIpc) is 2.84. The van der Waals surface area contributed by atoms with Gasteiger partial charge in [0.2, 0.25) is 5.78 Å². The Morgan fingerprint density at radius 3 is 2.71 bits per heavy atom. The van der Waals surface area contributed by atoms with E-state index in [1.54, 1.807) is 30.6 Å². The van der Waals surface area contributed by atoms with Crippen molar-refractivity contribution < 1.29 is 9.53 Å². The number of unbranched alkanes of at least 4 members (excludes halogenated alkanes) is 2. The van der Waals surface area contributed by atoms with Crippen molar-refractivity contribution in [1.29, 1.82) is 0 Å². The van der Waals surface area contributed by atoms with E-state index < -0.39 is 4.08 Å². The molecule has 1 aliphatic heterocycles. The lowest BCUT2D eigenvalue weighted by Crippen LogP contribution is -2.44. The summed E-state index contributed by atoms with van der Waals surface area (Å²) in [7, 11) is 1.64. The molecule has 92 valence electrons. The van der Waals surface area contributed by atoms with E-state index in [2.05, 4.69) is 18.8 Å². The Kier molecular flexibility index (Phi) is 4.11. The van der Waals surface area contributed by atoms with Gasteiger partial charge >= 0.3 is 0 Å². The van der Waals surface area contributed by atoms with Crippen molar-refractivity contribution in [3.63, 3.8) is 0 Å². The number of allylic oxidation sites excluding steroid dienone is 1. The number of carbonyl (C=O) groups is 1. The van der Waals surface area contributed by atoms with E-state index in [1.807, 2.05) is 0 Å². The maximum atomic E-state index is 12.1. The van der Waals surface area contributed by atoms with Gasteiger partial charge in [0.1, 0.15) is 11.3 Å². The molecule has 0 aromatic carbocycles. The molecule has 0 aromatic rings. The van der Waals surface area contributed by atoms with E-state index >= 15 is 0 Å². The minimum atomic E-state index is -0.441. The quantitative estimate of drug-likeness (QED) is 0.581. The van der Waals surface area contributed by atoms with E-state index in [0.717, 1.165) is 36.5 Å². The van der Waals surface area contributed by atoms with Gasteiger partial charge in [0, 0.05) is 17.9 Å². The van der Waals surface area contributed by atoms with Gasteiger partial charge in [0.25, 0.3) is 0 Å². The zero-order valence-electron chi connectivity index (χ0n) is 10.2. The first kappa shape index (κ1) is 12.9. The van der Waals surface area contributed by atoms with Gasteiger partial charge in [-0.3, -0.25) is 4.79 Å². The van der Waals surface area contributed by atoms with Crippen LogP contribution in [-0.4, -0.2) is 28.5 Å². The third kappa shape index (κ3) is 2.11. The van der Waals surface area contributed by atoms with Gasteiger partial charge in [-0.05, 0) is 6.42 Å². The highest BCUT2D eigenvalue weighted by molar-refractivity contribution is 8.23. The van der Waals surface area contributed by atoms with Crippen molar-refractivity contribution in [3.8, 4) is 11.8 Å². The summed E-state index contributed by atoms with van der Waals surface area (Å²) in [5.74, 6) is 9.02. The van der Waals surface area contributed by atoms with Crippen molar-refractivity contribution in [2.45, 2.75) is 30.3 Å². The number of hydrogen-bond donors (Lipinski definition) is 0. The first-order valence-corrected chi connectivity index (χ1v) is 7.83. The molecule has 17 heavy (non-hydrogen) atoms. The Morgan fingerprint density at radius 2 is 2.12 bits per heavy atom. The monoisotopic (exact) mass is 268 g/mol. The molecule has 0 saturated carbocycles. The summed E-state index contributed by atoms with van der Waals surface area (Å²) in [5, 5.41) is 0. The average molecular weight is 268 g/mol. The summed E-state index contributed by atoms with van der Waals surface area (Å²) in [5.41, 5.74) is 0.602. The number of Topliss-reactive ketones (excluding diaryl/α,β-unsaturated/α-hetero) is 1. The minimum Gasteiger partial charge on any atom is -0.497 e. The molecule has 1 fully saturated rings. The van der Waals surface area contributed by atoms with Crippen molar-refractivity contribution in [1.82, 2.24) is 0 Å². The Bertz CT molecular complexity index is 409. The summed E-state index contributed by atoms with van der Waals surface area (Å²) < 4.78 is 4.94. The van der Waals surface area contributed by atoms with Crippen LogP contribution in [0, 0.1) is 11.8 Å². The van der Waals surface area contributed by atoms with Crippen molar-refractivity contribution in [2.75, 3.05) is 18.6 Å². The molecule has 1 heterocycles. The molecule has 0 radical (unpaired) electrons. The molecule has 1 saturated heterocycles. The van der Waals surface area contributed by atoms with Gasteiger partial charge in [-0.2, -0.15) is 0 Å². The highest BCUT2D eigenvalue weighted by Crippen LogP contribution is 2.57. The third-order valence-corrected chi connectivity index (χ3v) is 6.16. The lowest BCUT2D eigenvalue weighted by atomic mass is 9.93. The molecular weight excluding hydrogens is 252 g/mol. The fourth-order valence-corrected chi connectivity index (χ4v) is 5.09. The summed E-state index contributed by atoms with van der Waals surface area (Å²) in [4.78, 5) is 12.1. The van der Waals surface area contributed by atoms with Crippen LogP contribution in [0.1, 0.15) is 26.2 Å². The van der Waals surface area contributed by atoms with Gasteiger partial charge in [0.15, 0.2) is 4.08 Å². The van der Waals surface area contributed by atoms with Crippen LogP contribution < -0.4 is 0 Å². The van der Waals surface area contributed by atoms with E-state index in [9.17, 15) is 4.79 Å². The topological polar surface area (TPSA) is 26.3 Å². The van der Waals surface area contributed by atoms with Crippen LogP contribution in [0.3, 0.4) is 0 Å². The van der Waals surface area contributed by atoms with Crippen LogP contribution in [0.5, 0.6) is 0 Å². The SMILES string of the molecule is CCCCC#CC1=C(OC)C2(SCCS2)C1=O. The fourth-order valence-electron chi connectivity index (χ4n) is 1.91. The van der Waals surface area contributed by atoms with E-state index in [-0.39, 0.29) is 5.78 Å². The standard InChI is InChI=1S/C13H16O2S2/c1-3-4-5-6-7-10-11(14)13(12(10)15-2)16-8-9-17-13/h3-5,8-9H2,1-2H3. The predicted molar refractivity (Wildman–Crippen MR) is 74.0 cm³/mol. The summed E-state index contributed by atoms with van der Waals surface area (Å²) in [6.07, 6.45) is 3.08. The lowest BCUT2D eigenvalue weighted by Gasteiger charge is -2.35. The highest BCUT2D eigenvalue weighted by atomic mass is 32.2. The third-order valence-electron chi connectivity index (χ3n) is 2.82. The van der Waals surface area contributed by atoms with Crippen molar-refractivity contribution in [2.24, 2.45) is 0 Å². The first-order chi connectivity index (χ1) is 8.26. The van der Waals surface area contributed by atoms with Crippen LogP contribution in [-0.2, 0) is 9.53 Å². The smallest absolute Gasteiger partial charge is 0.208 e. The summed E-state index contributed by atoms with van der Waals surface area (Å²) in [6, 6.07) is 0. The number of hydrogen-bond acceptors (Lipinski definition) is 4. The molecule has 2 nitrogen and oxygen atoms in total. The van der Waals surface area contributed by atoms with Crippen LogP contribution in [0.4, 0.5) is 0 Å². The number of thioether (sulfide) groups is 2. The van der Waals surface area contributed by atoms with Crippen LogP contribution in [0.2, 0.25) is 0 Å². The Balaban J connectivity index is 2.15. The number of ketones is 1. The number of ether oxygens (including phenoxy) is 1. The largest absolute Gasteiger partial charge is 0.497 e. The molecule has 0 atom stereocenters. The molecule has 1 spiro atoms. The van der Waals surface area contributed by atoms with Gasteiger partial charge in [-0.15, -0.1) is 23.5 Å². The van der Waals surface area contributed by atoms with Gasteiger partial charge in [0.05, 0.1) is 7.11 Å². The number of methoxy groups -OCH3 is 1. The van der Waals surface area contributed by atoms with Gasteiger partial charge in [-0.25, -0.2) is 0 Å². The first-order valence-electron chi connectivity index (χ1n) is 5.86. The second-order valence-electron chi connectivity index (χ2n) is 3.96. The normalized spacial score (nSPS) is 21.2. The second kappa shape index (κ2) is 5.41. The number of carbonyl (C=O) groups excluding carboxylic acids is 1. The van der Waals surface area contributed by atoms with Crippen LogP contribution >= 0.6 is 23.5 Å². The summed E-state index contributed by atoms with van der Waals surface area (Å²) >= 11 is 3.37. The molecule has 2 rings (SSSR count). The Labute approximate surface area is 111 Å². The number of rotatable bonds is 3. The molecule has 1 aliphatic carbocycles. The van der Waals surface area contributed by atoms with Gasteiger partial charge in [-0.1, -0.05) is 25.2 Å². The van der Waals surface area contributed by atoms with E-state index in [0.29, 0.717) is 5.57 Å². The van der Waals surface area contributed by atoms with Gasteiger partial charge < -0.3 is 4.74 Å². The molecule has 0 unspecified atom stereocenters. The van der Waals surface area contributed by atoms with Crippen LogP contribution in [0.25, 0.3) is 0 Å². The fraction of sp³-hybridized carbons (Fsp3) is 0.615. The van der Waals surface area contributed by atoms with Crippen LogP contribution in [0.15, 0.2) is 11.3 Å². The van der Waals surface area contributed by atoms with E-state index in [4.69, 9.17) is 4.74 Å². The zero-order valence-corrected chi connectivity index (χ0v) is 11.8. The molecule has 4 heteroatoms.